The first kappa shape index (κ1) is 16.2. The van der Waals surface area contributed by atoms with Gasteiger partial charge in [0.2, 0.25) is 0 Å². The van der Waals surface area contributed by atoms with E-state index in [1.807, 2.05) is 12.1 Å². The fraction of sp³-hybridized carbons (Fsp3) is 0.632. The zero-order valence-electron chi connectivity index (χ0n) is 14.0. The van der Waals surface area contributed by atoms with E-state index in [2.05, 4.69) is 44.7 Å². The van der Waals surface area contributed by atoms with Gasteiger partial charge in [0.25, 0.3) is 0 Å². The van der Waals surface area contributed by atoms with Crippen LogP contribution in [0.5, 0.6) is 0 Å². The van der Waals surface area contributed by atoms with Gasteiger partial charge in [0, 0.05) is 5.56 Å². The minimum Gasteiger partial charge on any atom is -0.292 e. The molecule has 116 valence electrons. The van der Waals surface area contributed by atoms with Gasteiger partial charge < -0.3 is 0 Å². The maximum absolute atomic E-state index is 12.9. The molecule has 1 fully saturated rings. The normalized spacial score (nSPS) is 17.8. The number of carbonyl (C=O) groups excluding carboxylic acids is 1. The Morgan fingerprint density at radius 3 is 2.00 bits per heavy atom. The van der Waals surface area contributed by atoms with Gasteiger partial charge >= 0.3 is 0 Å². The van der Waals surface area contributed by atoms with Crippen LogP contribution in [0.1, 0.15) is 75.2 Å². The second-order valence-corrected chi connectivity index (χ2v) is 7.07. The zero-order valence-corrected chi connectivity index (χ0v) is 14.0. The molecule has 0 aliphatic carbocycles. The Labute approximate surface area is 129 Å². The van der Waals surface area contributed by atoms with Gasteiger partial charge in [-0.3, -0.25) is 9.69 Å². The molecule has 1 aromatic carbocycles. The third kappa shape index (κ3) is 3.74. The Hall–Kier alpha value is -1.15. The van der Waals surface area contributed by atoms with Crippen LogP contribution in [0.4, 0.5) is 0 Å². The monoisotopic (exact) mass is 287 g/mol. The van der Waals surface area contributed by atoms with Crippen LogP contribution < -0.4 is 0 Å². The second kappa shape index (κ2) is 6.74. The summed E-state index contributed by atoms with van der Waals surface area (Å²) in [6, 6.07) is 8.18. The van der Waals surface area contributed by atoms with E-state index in [-0.39, 0.29) is 5.78 Å². The number of Topliss-reactive ketones (excluding diaryl/α,β-unsaturated/α-hetero) is 1. The average molecular weight is 287 g/mol. The number of ketones is 1. The van der Waals surface area contributed by atoms with Crippen LogP contribution in [0.2, 0.25) is 0 Å². The van der Waals surface area contributed by atoms with Gasteiger partial charge in [-0.15, -0.1) is 0 Å². The van der Waals surface area contributed by atoms with Crippen molar-refractivity contribution in [3.05, 3.63) is 35.4 Å². The van der Waals surface area contributed by atoms with Crippen molar-refractivity contribution in [3.63, 3.8) is 0 Å². The number of hydrogen-bond donors (Lipinski definition) is 0. The summed E-state index contributed by atoms with van der Waals surface area (Å²) >= 11 is 0. The molecule has 0 saturated carbocycles. The van der Waals surface area contributed by atoms with Crippen LogP contribution in [0.3, 0.4) is 0 Å². The molecule has 0 aromatic heterocycles. The molecule has 1 aromatic rings. The molecule has 2 rings (SSSR count). The van der Waals surface area contributed by atoms with E-state index in [4.69, 9.17) is 0 Å². The molecule has 21 heavy (non-hydrogen) atoms. The fourth-order valence-electron chi connectivity index (χ4n) is 3.15. The molecule has 0 bridgehead atoms. The van der Waals surface area contributed by atoms with E-state index < -0.39 is 5.54 Å². The SMILES string of the molecule is CC(C)c1ccc(C(=O)C(C)(C)N2CCCCCC2)cc1. The first-order valence-electron chi connectivity index (χ1n) is 8.32. The topological polar surface area (TPSA) is 20.3 Å². The molecule has 1 aliphatic heterocycles. The van der Waals surface area contributed by atoms with E-state index in [1.54, 1.807) is 0 Å². The van der Waals surface area contributed by atoms with Crippen LogP contribution in [0.25, 0.3) is 0 Å². The summed E-state index contributed by atoms with van der Waals surface area (Å²) in [5, 5.41) is 0. The minimum absolute atomic E-state index is 0.250. The second-order valence-electron chi connectivity index (χ2n) is 7.07. The molecule has 0 atom stereocenters. The van der Waals surface area contributed by atoms with E-state index in [0.717, 1.165) is 18.7 Å². The summed E-state index contributed by atoms with van der Waals surface area (Å²) in [4.78, 5) is 15.3. The maximum atomic E-state index is 12.9. The Balaban J connectivity index is 2.16. The summed E-state index contributed by atoms with van der Waals surface area (Å²) < 4.78 is 0. The molecule has 0 radical (unpaired) electrons. The lowest BCUT2D eigenvalue weighted by Gasteiger charge is -2.36. The van der Waals surface area contributed by atoms with E-state index in [9.17, 15) is 4.79 Å². The Kier molecular flexibility index (Phi) is 5.21. The van der Waals surface area contributed by atoms with Crippen LogP contribution in [-0.4, -0.2) is 29.3 Å². The summed E-state index contributed by atoms with van der Waals surface area (Å²) in [5.74, 6) is 0.757. The molecular weight excluding hydrogens is 258 g/mol. The molecule has 0 spiro atoms. The highest BCUT2D eigenvalue weighted by molar-refractivity contribution is 6.02. The van der Waals surface area contributed by atoms with E-state index >= 15 is 0 Å². The number of nitrogens with zero attached hydrogens (tertiary/aromatic N) is 1. The van der Waals surface area contributed by atoms with Gasteiger partial charge in [0.1, 0.15) is 0 Å². The Morgan fingerprint density at radius 2 is 1.52 bits per heavy atom. The fourth-order valence-corrected chi connectivity index (χ4v) is 3.15. The van der Waals surface area contributed by atoms with Crippen LogP contribution in [0, 0.1) is 0 Å². The maximum Gasteiger partial charge on any atom is 0.182 e. The van der Waals surface area contributed by atoms with Crippen molar-refractivity contribution >= 4 is 5.78 Å². The third-order valence-corrected chi connectivity index (χ3v) is 4.79. The van der Waals surface area contributed by atoms with Crippen molar-refractivity contribution in [3.8, 4) is 0 Å². The van der Waals surface area contributed by atoms with E-state index in [0.29, 0.717) is 5.92 Å². The highest BCUT2D eigenvalue weighted by Gasteiger charge is 2.35. The molecule has 1 saturated heterocycles. The predicted molar refractivity (Wildman–Crippen MR) is 89.0 cm³/mol. The van der Waals surface area contributed by atoms with Crippen molar-refractivity contribution in [2.24, 2.45) is 0 Å². The third-order valence-electron chi connectivity index (χ3n) is 4.79. The zero-order chi connectivity index (χ0) is 15.5. The lowest BCUT2D eigenvalue weighted by Crippen LogP contribution is -2.50. The van der Waals surface area contributed by atoms with Crippen LogP contribution in [-0.2, 0) is 0 Å². The van der Waals surface area contributed by atoms with E-state index in [1.165, 1.54) is 31.2 Å². The average Bonchev–Trinajstić information content (AvgIpc) is 2.76. The summed E-state index contributed by atoms with van der Waals surface area (Å²) in [6.07, 6.45) is 5.01. The smallest absolute Gasteiger partial charge is 0.182 e. The van der Waals surface area contributed by atoms with Gasteiger partial charge in [-0.2, -0.15) is 0 Å². The van der Waals surface area contributed by atoms with Crippen molar-refractivity contribution in [1.82, 2.24) is 4.90 Å². The number of benzene rings is 1. The number of rotatable bonds is 4. The van der Waals surface area contributed by atoms with Crippen LogP contribution >= 0.6 is 0 Å². The van der Waals surface area contributed by atoms with Gasteiger partial charge in [0.15, 0.2) is 5.78 Å². The molecule has 1 aliphatic rings. The molecule has 0 N–H and O–H groups in total. The summed E-state index contributed by atoms with van der Waals surface area (Å²) in [6.45, 7) is 10.6. The Morgan fingerprint density at radius 1 is 1.00 bits per heavy atom. The highest BCUT2D eigenvalue weighted by Crippen LogP contribution is 2.25. The largest absolute Gasteiger partial charge is 0.292 e. The quantitative estimate of drug-likeness (QED) is 0.751. The molecule has 0 amide bonds. The van der Waals surface area contributed by atoms with Gasteiger partial charge in [-0.25, -0.2) is 0 Å². The summed E-state index contributed by atoms with van der Waals surface area (Å²) in [7, 11) is 0. The number of likely N-dealkylation sites (tertiary alicyclic amines) is 1. The van der Waals surface area contributed by atoms with Gasteiger partial charge in [0.05, 0.1) is 5.54 Å². The predicted octanol–water partition coefficient (Wildman–Crippen LogP) is 4.65. The van der Waals surface area contributed by atoms with Crippen molar-refractivity contribution in [1.29, 1.82) is 0 Å². The number of carbonyl (C=O) groups is 1. The molecule has 1 heterocycles. The first-order chi connectivity index (χ1) is 9.93. The van der Waals surface area contributed by atoms with Gasteiger partial charge in [-0.1, -0.05) is 51.0 Å². The highest BCUT2D eigenvalue weighted by atomic mass is 16.1. The number of hydrogen-bond acceptors (Lipinski definition) is 2. The van der Waals surface area contributed by atoms with Crippen molar-refractivity contribution in [2.75, 3.05) is 13.1 Å². The van der Waals surface area contributed by atoms with Crippen molar-refractivity contribution in [2.45, 2.75) is 64.8 Å². The first-order valence-corrected chi connectivity index (χ1v) is 8.32. The Bertz CT molecular complexity index is 465. The lowest BCUT2D eigenvalue weighted by molar-refractivity contribution is 0.0649. The molecule has 2 heteroatoms. The molecule has 0 unspecified atom stereocenters. The minimum atomic E-state index is -0.399. The standard InChI is InChI=1S/C19H29NO/c1-15(2)16-9-11-17(12-10-16)18(21)19(3,4)20-13-7-5-6-8-14-20/h9-12,15H,5-8,13-14H2,1-4H3. The summed E-state index contributed by atoms with van der Waals surface area (Å²) in [5.41, 5.74) is 1.73. The van der Waals surface area contributed by atoms with Gasteiger partial charge in [-0.05, 0) is 51.3 Å². The van der Waals surface area contributed by atoms with Crippen molar-refractivity contribution < 1.29 is 4.79 Å². The molecular formula is C19H29NO. The lowest BCUT2D eigenvalue weighted by atomic mass is 9.89. The van der Waals surface area contributed by atoms with Crippen LogP contribution in [0.15, 0.2) is 24.3 Å². The molecule has 2 nitrogen and oxygen atoms in total.